The number of carbonyl (C=O) groups is 5. The van der Waals surface area contributed by atoms with Crippen LogP contribution in [0.3, 0.4) is 0 Å². The number of rotatable bonds is 16. The van der Waals surface area contributed by atoms with Crippen LogP contribution >= 0.6 is 0 Å². The van der Waals surface area contributed by atoms with E-state index < -0.39 is 36.0 Å². The zero-order valence-electron chi connectivity index (χ0n) is 26.3. The van der Waals surface area contributed by atoms with Crippen LogP contribution in [0, 0.1) is 0 Å². The molecule has 3 aromatic carbocycles. The van der Waals surface area contributed by atoms with E-state index in [2.05, 4.69) is 26.0 Å². The van der Waals surface area contributed by atoms with Gasteiger partial charge in [0.1, 0.15) is 18.7 Å². The minimum absolute atomic E-state index is 0.00312. The number of hydrogen-bond acceptors (Lipinski definition) is 8. The van der Waals surface area contributed by atoms with Gasteiger partial charge in [0.05, 0.1) is 7.11 Å². The van der Waals surface area contributed by atoms with Gasteiger partial charge in [-0.05, 0) is 65.6 Å². The molecular formula is C34H36N6O8. The van der Waals surface area contributed by atoms with Crippen molar-refractivity contribution in [3.63, 3.8) is 0 Å². The average Bonchev–Trinajstić information content (AvgIpc) is 3.41. The van der Waals surface area contributed by atoms with Gasteiger partial charge in [0.15, 0.2) is 0 Å². The molecule has 14 nitrogen and oxygen atoms in total. The molecule has 0 bridgehead atoms. The molecule has 250 valence electrons. The van der Waals surface area contributed by atoms with Gasteiger partial charge in [0, 0.05) is 35.0 Å². The first-order valence-electron chi connectivity index (χ1n) is 15.4. The zero-order valence-corrected chi connectivity index (χ0v) is 26.3. The smallest absolute Gasteiger partial charge is 0.407 e. The lowest BCUT2D eigenvalue weighted by Gasteiger charge is -2.19. The standard InChI is InChI=1S/C34H36N6O8/c1-47-33(45)29(12-6-7-19-36-31(42)21-13-15-22(16-14-21)39-40-35)37-30(41)18-17-28(32(43)44)38-34(46)48-20-27-25-10-4-2-8-23(25)24-9-3-5-11-26(24)27/h2-5,8-11,13-16,27-29H,6-7,12,17-20H2,1H3,(H,36,42)(H,37,41)(H,38,46)(H,43,44)/t28-,29-/m0/s1. The van der Waals surface area contributed by atoms with Crippen molar-refractivity contribution in [3.05, 3.63) is 99.9 Å². The van der Waals surface area contributed by atoms with Gasteiger partial charge in [-0.2, -0.15) is 0 Å². The maximum Gasteiger partial charge on any atom is 0.407 e. The quantitative estimate of drug-likeness (QED) is 0.0543. The fraction of sp³-hybridized carbons (Fsp3) is 0.324. The number of carboxylic acid groups (broad SMARTS) is 1. The van der Waals surface area contributed by atoms with Crippen LogP contribution < -0.4 is 16.0 Å². The van der Waals surface area contributed by atoms with Crippen molar-refractivity contribution in [2.24, 2.45) is 5.11 Å². The van der Waals surface area contributed by atoms with Gasteiger partial charge in [-0.3, -0.25) is 9.59 Å². The van der Waals surface area contributed by atoms with Gasteiger partial charge >= 0.3 is 18.0 Å². The highest BCUT2D eigenvalue weighted by Gasteiger charge is 2.30. The molecule has 0 saturated carbocycles. The molecule has 0 saturated heterocycles. The van der Waals surface area contributed by atoms with Crippen molar-refractivity contribution in [1.82, 2.24) is 16.0 Å². The zero-order chi connectivity index (χ0) is 34.5. The normalized spacial score (nSPS) is 12.7. The number of aliphatic carboxylic acids is 1. The largest absolute Gasteiger partial charge is 0.480 e. The number of carbonyl (C=O) groups excluding carboxylic acids is 4. The Morgan fingerprint density at radius 3 is 2.12 bits per heavy atom. The summed E-state index contributed by atoms with van der Waals surface area (Å²) in [6.07, 6.45) is -0.281. The predicted molar refractivity (Wildman–Crippen MR) is 174 cm³/mol. The summed E-state index contributed by atoms with van der Waals surface area (Å²) in [7, 11) is 1.19. The van der Waals surface area contributed by atoms with E-state index in [9.17, 15) is 29.1 Å². The van der Waals surface area contributed by atoms with Crippen LogP contribution in [0.2, 0.25) is 0 Å². The number of azide groups is 1. The van der Waals surface area contributed by atoms with E-state index in [0.717, 1.165) is 22.3 Å². The number of benzene rings is 3. The van der Waals surface area contributed by atoms with Gasteiger partial charge in [-0.1, -0.05) is 65.8 Å². The number of methoxy groups -OCH3 is 1. The highest BCUT2D eigenvalue weighted by atomic mass is 16.5. The molecule has 48 heavy (non-hydrogen) atoms. The molecule has 2 atom stereocenters. The number of esters is 1. The maximum absolute atomic E-state index is 12.7. The Hall–Kier alpha value is -5.88. The Morgan fingerprint density at radius 1 is 0.875 bits per heavy atom. The second kappa shape index (κ2) is 17.2. The molecule has 0 spiro atoms. The van der Waals surface area contributed by atoms with E-state index >= 15 is 0 Å². The van der Waals surface area contributed by atoms with Crippen LogP contribution in [0.25, 0.3) is 21.6 Å². The van der Waals surface area contributed by atoms with Crippen LogP contribution in [0.1, 0.15) is 59.5 Å². The number of alkyl carbamates (subject to hydrolysis) is 1. The highest BCUT2D eigenvalue weighted by Crippen LogP contribution is 2.44. The third-order valence-corrected chi connectivity index (χ3v) is 7.91. The van der Waals surface area contributed by atoms with E-state index in [1.807, 2.05) is 48.5 Å². The molecule has 1 aliphatic rings. The first-order chi connectivity index (χ1) is 23.2. The molecule has 1 aliphatic carbocycles. The number of fused-ring (bicyclic) bond motifs is 3. The van der Waals surface area contributed by atoms with Crippen molar-refractivity contribution >= 4 is 35.5 Å². The minimum Gasteiger partial charge on any atom is -0.480 e. The van der Waals surface area contributed by atoms with Gasteiger partial charge in [-0.15, -0.1) is 0 Å². The van der Waals surface area contributed by atoms with Crippen LogP contribution in [-0.4, -0.2) is 67.3 Å². The summed E-state index contributed by atoms with van der Waals surface area (Å²) in [6.45, 7) is 0.309. The lowest BCUT2D eigenvalue weighted by Crippen LogP contribution is -2.44. The number of unbranched alkanes of at least 4 members (excludes halogenated alkanes) is 1. The van der Waals surface area contributed by atoms with Crippen molar-refractivity contribution in [2.45, 2.75) is 50.1 Å². The van der Waals surface area contributed by atoms with Crippen LogP contribution in [-0.2, 0) is 23.9 Å². The summed E-state index contributed by atoms with van der Waals surface area (Å²) >= 11 is 0. The number of carboxylic acids is 1. The highest BCUT2D eigenvalue weighted by molar-refractivity contribution is 5.94. The molecule has 3 amide bonds. The van der Waals surface area contributed by atoms with Gasteiger partial charge in [0.2, 0.25) is 5.91 Å². The Balaban J connectivity index is 1.20. The Bertz CT molecular complexity index is 1640. The summed E-state index contributed by atoms with van der Waals surface area (Å²) in [4.78, 5) is 64.5. The van der Waals surface area contributed by atoms with E-state index in [-0.39, 0.29) is 37.7 Å². The molecule has 14 heteroatoms. The first kappa shape index (κ1) is 35.0. The molecule has 0 aromatic heterocycles. The lowest BCUT2D eigenvalue weighted by atomic mass is 9.98. The third-order valence-electron chi connectivity index (χ3n) is 7.91. The van der Waals surface area contributed by atoms with Gasteiger partial charge < -0.3 is 30.5 Å². The number of nitrogens with one attached hydrogen (secondary N) is 3. The van der Waals surface area contributed by atoms with E-state index in [1.165, 1.54) is 31.4 Å². The SMILES string of the molecule is COC(=O)[C@H](CCCCNC(=O)c1ccc(N=[N+]=[N-])cc1)NC(=O)CC[C@H](NC(=O)OCC1c2ccccc2-c2ccccc21)C(=O)O. The summed E-state index contributed by atoms with van der Waals surface area (Å²) < 4.78 is 10.2. The monoisotopic (exact) mass is 656 g/mol. The lowest BCUT2D eigenvalue weighted by molar-refractivity contribution is -0.145. The van der Waals surface area contributed by atoms with E-state index in [1.54, 1.807) is 0 Å². The summed E-state index contributed by atoms with van der Waals surface area (Å²) in [5.41, 5.74) is 13.4. The Labute approximate surface area is 276 Å². The number of nitrogens with zero attached hydrogens (tertiary/aromatic N) is 3. The topological polar surface area (TPSA) is 209 Å². The van der Waals surface area contributed by atoms with Crippen molar-refractivity contribution in [1.29, 1.82) is 0 Å². The number of hydrogen-bond donors (Lipinski definition) is 4. The molecule has 0 heterocycles. The molecule has 4 rings (SSSR count). The molecular weight excluding hydrogens is 620 g/mol. The minimum atomic E-state index is -1.40. The van der Waals surface area contributed by atoms with E-state index in [0.29, 0.717) is 30.6 Å². The van der Waals surface area contributed by atoms with Gasteiger partial charge in [-0.25, -0.2) is 14.4 Å². The first-order valence-corrected chi connectivity index (χ1v) is 15.4. The number of amides is 3. The fourth-order valence-corrected chi connectivity index (χ4v) is 5.48. The molecule has 0 fully saturated rings. The summed E-state index contributed by atoms with van der Waals surface area (Å²) in [5.74, 6) is -3.12. The Morgan fingerprint density at radius 2 is 1.52 bits per heavy atom. The number of ether oxygens (including phenoxy) is 2. The predicted octanol–water partition coefficient (Wildman–Crippen LogP) is 4.96. The van der Waals surface area contributed by atoms with E-state index in [4.69, 9.17) is 15.0 Å². The molecule has 0 unspecified atom stereocenters. The Kier molecular flexibility index (Phi) is 12.5. The van der Waals surface area contributed by atoms with Crippen molar-refractivity contribution < 1.29 is 38.6 Å². The van der Waals surface area contributed by atoms with Gasteiger partial charge in [0.25, 0.3) is 5.91 Å². The fourth-order valence-electron chi connectivity index (χ4n) is 5.48. The summed E-state index contributed by atoms with van der Waals surface area (Å²) in [6, 6.07) is 19.4. The molecule has 4 N–H and O–H groups in total. The van der Waals surface area contributed by atoms with Crippen LogP contribution in [0.15, 0.2) is 77.9 Å². The average molecular weight is 657 g/mol. The molecule has 3 aromatic rings. The maximum atomic E-state index is 12.7. The molecule has 0 radical (unpaired) electrons. The second-order valence-electron chi connectivity index (χ2n) is 11.0. The second-order valence-corrected chi connectivity index (χ2v) is 11.0. The van der Waals surface area contributed by atoms with Crippen LogP contribution in [0.5, 0.6) is 0 Å². The van der Waals surface area contributed by atoms with Crippen molar-refractivity contribution in [2.75, 3.05) is 20.3 Å². The van der Waals surface area contributed by atoms with Crippen molar-refractivity contribution in [3.8, 4) is 11.1 Å². The summed E-state index contributed by atoms with van der Waals surface area (Å²) in [5, 5.41) is 20.8. The molecule has 0 aliphatic heterocycles. The van der Waals surface area contributed by atoms with Crippen LogP contribution in [0.4, 0.5) is 10.5 Å². The third kappa shape index (κ3) is 9.33.